The van der Waals surface area contributed by atoms with Crippen LogP contribution >= 0.6 is 0 Å². The van der Waals surface area contributed by atoms with E-state index >= 15 is 0 Å². The van der Waals surface area contributed by atoms with E-state index in [2.05, 4.69) is 0 Å². The third kappa shape index (κ3) is 3.90. The second-order valence-electron chi connectivity index (χ2n) is 3.49. The molecule has 1 atom stereocenters. The smallest absolute Gasteiger partial charge is 0.0671 e. The van der Waals surface area contributed by atoms with E-state index < -0.39 is 0 Å². The molecule has 1 aliphatic carbocycles. The van der Waals surface area contributed by atoms with Crippen molar-refractivity contribution in [2.24, 2.45) is 5.92 Å². The molecule has 14 heavy (non-hydrogen) atoms. The lowest BCUT2D eigenvalue weighted by atomic mass is 10.0. The maximum absolute atomic E-state index is 9.70. The third-order valence-corrected chi connectivity index (χ3v) is 2.30. The molecule has 2 heteroatoms. The summed E-state index contributed by atoms with van der Waals surface area (Å²) in [5.41, 5.74) is 0. The number of hydrogen-bond acceptors (Lipinski definition) is 2. The van der Waals surface area contributed by atoms with Gasteiger partial charge < -0.3 is 10.2 Å². The Morgan fingerprint density at radius 3 is 2.57 bits per heavy atom. The predicted octanol–water partition coefficient (Wildman–Crippen LogP) is 1.81. The quantitative estimate of drug-likeness (QED) is 0.500. The Morgan fingerprint density at radius 2 is 1.93 bits per heavy atom. The lowest BCUT2D eigenvalue weighted by Crippen LogP contribution is -2.14. The predicted molar refractivity (Wildman–Crippen MR) is 57.9 cm³/mol. The van der Waals surface area contributed by atoms with Crippen molar-refractivity contribution in [1.29, 1.82) is 0 Å². The van der Waals surface area contributed by atoms with E-state index in [0.717, 1.165) is 12.8 Å². The average molecular weight is 194 g/mol. The molecule has 1 aliphatic rings. The summed E-state index contributed by atoms with van der Waals surface area (Å²) in [5, 5.41) is 18.2. The summed E-state index contributed by atoms with van der Waals surface area (Å²) in [6.45, 7) is 0.237. The van der Waals surface area contributed by atoms with Crippen LogP contribution in [0.2, 0.25) is 0 Å². The van der Waals surface area contributed by atoms with Gasteiger partial charge in [0.1, 0.15) is 0 Å². The maximum Gasteiger partial charge on any atom is 0.0671 e. The lowest BCUT2D eigenvalue weighted by Gasteiger charge is -2.11. The topological polar surface area (TPSA) is 40.5 Å². The molecule has 0 aromatic heterocycles. The van der Waals surface area contributed by atoms with E-state index in [4.69, 9.17) is 5.11 Å². The Bertz CT molecular complexity index is 216. The number of allylic oxidation sites excluding steroid dienone is 3. The van der Waals surface area contributed by atoms with Gasteiger partial charge >= 0.3 is 0 Å². The monoisotopic (exact) mass is 194 g/mol. The van der Waals surface area contributed by atoms with Gasteiger partial charge in [-0.25, -0.2) is 0 Å². The largest absolute Gasteiger partial charge is 0.396 e. The molecule has 0 saturated heterocycles. The molecule has 0 radical (unpaired) electrons. The molecule has 0 spiro atoms. The molecule has 0 bridgehead atoms. The van der Waals surface area contributed by atoms with Crippen molar-refractivity contribution in [3.8, 4) is 0 Å². The highest BCUT2D eigenvalue weighted by molar-refractivity contribution is 5.19. The first-order valence-corrected chi connectivity index (χ1v) is 5.13. The summed E-state index contributed by atoms with van der Waals surface area (Å²) in [4.78, 5) is 0. The van der Waals surface area contributed by atoms with Gasteiger partial charge in [-0.1, -0.05) is 36.5 Å². The zero-order valence-corrected chi connectivity index (χ0v) is 8.34. The van der Waals surface area contributed by atoms with Crippen LogP contribution in [0.3, 0.4) is 0 Å². The van der Waals surface area contributed by atoms with Gasteiger partial charge in [-0.2, -0.15) is 0 Å². The van der Waals surface area contributed by atoms with Gasteiger partial charge in [0.2, 0.25) is 0 Å². The van der Waals surface area contributed by atoms with E-state index in [1.165, 1.54) is 0 Å². The Hall–Kier alpha value is -0.860. The van der Waals surface area contributed by atoms with Crippen molar-refractivity contribution in [2.75, 3.05) is 6.61 Å². The molecule has 0 aromatic carbocycles. The maximum atomic E-state index is 9.70. The van der Waals surface area contributed by atoms with Gasteiger partial charge in [0, 0.05) is 12.5 Å². The zero-order chi connectivity index (χ0) is 10.2. The van der Waals surface area contributed by atoms with Crippen LogP contribution in [-0.4, -0.2) is 22.9 Å². The van der Waals surface area contributed by atoms with Crippen LogP contribution in [0.1, 0.15) is 19.3 Å². The van der Waals surface area contributed by atoms with Crippen LogP contribution < -0.4 is 0 Å². The molecular weight excluding hydrogens is 176 g/mol. The molecule has 0 heterocycles. The molecule has 1 unspecified atom stereocenters. The standard InChI is InChI=1S/C12H18O2/c13-10-6-2-1-3-9-12(14)11-7-4-5-8-11/h1,3-5,7-8,11-14H,2,6,9-10H2. The number of aliphatic hydroxyl groups is 2. The third-order valence-electron chi connectivity index (χ3n) is 2.30. The summed E-state index contributed by atoms with van der Waals surface area (Å²) in [6, 6.07) is 0. The number of aliphatic hydroxyl groups excluding tert-OH is 2. The lowest BCUT2D eigenvalue weighted by molar-refractivity contribution is 0.153. The van der Waals surface area contributed by atoms with Crippen molar-refractivity contribution >= 4 is 0 Å². The zero-order valence-electron chi connectivity index (χ0n) is 8.34. The molecule has 2 nitrogen and oxygen atoms in total. The molecule has 2 N–H and O–H groups in total. The highest BCUT2D eigenvalue weighted by atomic mass is 16.3. The summed E-state index contributed by atoms with van der Waals surface area (Å²) in [7, 11) is 0. The highest BCUT2D eigenvalue weighted by Gasteiger charge is 2.13. The fourth-order valence-electron chi connectivity index (χ4n) is 1.43. The fourth-order valence-corrected chi connectivity index (χ4v) is 1.43. The second kappa shape index (κ2) is 6.57. The van der Waals surface area contributed by atoms with Gasteiger partial charge in [0.05, 0.1) is 6.10 Å². The average Bonchev–Trinajstić information content (AvgIpc) is 2.70. The molecule has 0 aliphatic heterocycles. The first-order chi connectivity index (χ1) is 6.84. The molecule has 1 rings (SSSR count). The van der Waals surface area contributed by atoms with Crippen LogP contribution in [-0.2, 0) is 0 Å². The van der Waals surface area contributed by atoms with Gasteiger partial charge in [0.25, 0.3) is 0 Å². The minimum atomic E-state index is -0.310. The van der Waals surface area contributed by atoms with Gasteiger partial charge in [0.15, 0.2) is 0 Å². The van der Waals surface area contributed by atoms with Crippen molar-refractivity contribution < 1.29 is 10.2 Å². The van der Waals surface area contributed by atoms with Crippen molar-refractivity contribution in [2.45, 2.75) is 25.4 Å². The molecule has 0 saturated carbocycles. The van der Waals surface area contributed by atoms with Crippen molar-refractivity contribution in [3.05, 3.63) is 36.5 Å². The van der Waals surface area contributed by atoms with E-state index in [1.54, 1.807) is 0 Å². The summed E-state index contributed by atoms with van der Waals surface area (Å²) in [5.74, 6) is 0.178. The van der Waals surface area contributed by atoms with Crippen LogP contribution in [0.4, 0.5) is 0 Å². The van der Waals surface area contributed by atoms with Gasteiger partial charge in [-0.05, 0) is 19.3 Å². The van der Waals surface area contributed by atoms with E-state index in [9.17, 15) is 5.11 Å². The summed E-state index contributed by atoms with van der Waals surface area (Å²) in [6.07, 6.45) is 14.0. The first kappa shape index (κ1) is 11.2. The summed E-state index contributed by atoms with van der Waals surface area (Å²) >= 11 is 0. The van der Waals surface area contributed by atoms with E-state index in [0.29, 0.717) is 6.42 Å². The Morgan fingerprint density at radius 1 is 1.21 bits per heavy atom. The van der Waals surface area contributed by atoms with Crippen molar-refractivity contribution in [3.63, 3.8) is 0 Å². The highest BCUT2D eigenvalue weighted by Crippen LogP contribution is 2.16. The molecule has 0 aromatic rings. The van der Waals surface area contributed by atoms with E-state index in [-0.39, 0.29) is 18.6 Å². The molecule has 0 fully saturated rings. The van der Waals surface area contributed by atoms with Crippen molar-refractivity contribution in [1.82, 2.24) is 0 Å². The summed E-state index contributed by atoms with van der Waals surface area (Å²) < 4.78 is 0. The van der Waals surface area contributed by atoms with Gasteiger partial charge in [-0.3, -0.25) is 0 Å². The number of hydrogen-bond donors (Lipinski definition) is 2. The normalized spacial score (nSPS) is 18.4. The van der Waals surface area contributed by atoms with Crippen LogP contribution in [0, 0.1) is 5.92 Å². The minimum absolute atomic E-state index is 0.178. The second-order valence-corrected chi connectivity index (χ2v) is 3.49. The minimum Gasteiger partial charge on any atom is -0.396 e. The van der Waals surface area contributed by atoms with Crippen LogP contribution in [0.25, 0.3) is 0 Å². The molecule has 0 amide bonds. The number of unbranched alkanes of at least 4 members (excludes halogenated alkanes) is 1. The van der Waals surface area contributed by atoms with Gasteiger partial charge in [-0.15, -0.1) is 0 Å². The Balaban J connectivity index is 2.14. The number of rotatable bonds is 6. The fraction of sp³-hybridized carbons (Fsp3) is 0.500. The van der Waals surface area contributed by atoms with E-state index in [1.807, 2.05) is 36.5 Å². The van der Waals surface area contributed by atoms with Crippen LogP contribution in [0.5, 0.6) is 0 Å². The first-order valence-electron chi connectivity index (χ1n) is 5.13. The molecule has 78 valence electrons. The van der Waals surface area contributed by atoms with Crippen LogP contribution in [0.15, 0.2) is 36.5 Å². The molecular formula is C12H18O2. The Labute approximate surface area is 85.3 Å². The SMILES string of the molecule is OCCCC=CCC(O)C1C=CC=C1. The Kier molecular flexibility index (Phi) is 5.27.